The molecule has 0 saturated heterocycles. The van der Waals surface area contributed by atoms with Crippen LogP contribution in [0, 0.1) is 5.82 Å². The Labute approximate surface area is 169 Å². The Bertz CT molecular complexity index is 1200. The number of alkyl halides is 2. The fourth-order valence-corrected chi connectivity index (χ4v) is 4.29. The van der Waals surface area contributed by atoms with Gasteiger partial charge in [0, 0.05) is 28.8 Å². The number of benzene rings is 2. The third kappa shape index (κ3) is 3.33. The molecule has 5 rings (SSSR count). The van der Waals surface area contributed by atoms with Gasteiger partial charge in [-0.25, -0.2) is 13.2 Å². The summed E-state index contributed by atoms with van der Waals surface area (Å²) in [5.74, 6) is -0.448. The van der Waals surface area contributed by atoms with E-state index in [4.69, 9.17) is 16.0 Å². The van der Waals surface area contributed by atoms with E-state index in [1.165, 1.54) is 23.1 Å². The first-order valence-electron chi connectivity index (χ1n) is 9.36. The zero-order valence-corrected chi connectivity index (χ0v) is 16.0. The maximum absolute atomic E-state index is 13.5. The van der Waals surface area contributed by atoms with Crippen LogP contribution in [0.4, 0.5) is 19.2 Å². The summed E-state index contributed by atoms with van der Waals surface area (Å²) >= 11 is 6.16. The van der Waals surface area contributed by atoms with Crippen LogP contribution in [0.15, 0.2) is 46.9 Å². The SMILES string of the molecule is Fc1ccc2oc(N(CC(F)F)C3CCc4cc5ccc(Cl)cc5n4C3)nc2c1. The molecule has 1 aliphatic heterocycles. The summed E-state index contributed by atoms with van der Waals surface area (Å²) < 4.78 is 48.1. The van der Waals surface area contributed by atoms with Gasteiger partial charge in [-0.15, -0.1) is 0 Å². The molecule has 0 spiro atoms. The second-order valence-corrected chi connectivity index (χ2v) is 7.73. The number of oxazole rings is 1. The standard InChI is InChI=1S/C21H17ClF3N3O/c22-13-2-1-12-7-15-4-5-16(10-27(15)18(12)8-13)28(11-20(24)25)21-26-17-9-14(23)3-6-19(17)29-21/h1-3,6-9,16,20H,4-5,10-11H2. The Kier molecular flexibility index (Phi) is 4.42. The van der Waals surface area contributed by atoms with E-state index < -0.39 is 18.8 Å². The molecule has 1 aliphatic rings. The summed E-state index contributed by atoms with van der Waals surface area (Å²) in [6.45, 7) is 0.00818. The number of hydrogen-bond acceptors (Lipinski definition) is 3. The fraction of sp³-hybridized carbons (Fsp3) is 0.286. The van der Waals surface area contributed by atoms with Crippen molar-refractivity contribution >= 4 is 39.6 Å². The molecular weight excluding hydrogens is 403 g/mol. The average Bonchev–Trinajstić information content (AvgIpc) is 3.26. The van der Waals surface area contributed by atoms with Gasteiger partial charge in [0.1, 0.15) is 11.3 Å². The normalized spacial score (nSPS) is 16.7. The van der Waals surface area contributed by atoms with Crippen LogP contribution >= 0.6 is 11.6 Å². The minimum Gasteiger partial charge on any atom is -0.423 e. The van der Waals surface area contributed by atoms with Gasteiger partial charge in [-0.3, -0.25) is 0 Å². The van der Waals surface area contributed by atoms with Gasteiger partial charge >= 0.3 is 0 Å². The minimum absolute atomic E-state index is 0.0915. The number of halogens is 4. The predicted molar refractivity (Wildman–Crippen MR) is 106 cm³/mol. The smallest absolute Gasteiger partial charge is 0.298 e. The van der Waals surface area contributed by atoms with Gasteiger partial charge in [0.05, 0.1) is 12.6 Å². The number of anilines is 1. The van der Waals surface area contributed by atoms with Crippen molar-refractivity contribution in [3.63, 3.8) is 0 Å². The minimum atomic E-state index is -2.56. The summed E-state index contributed by atoms with van der Waals surface area (Å²) in [4.78, 5) is 5.78. The van der Waals surface area contributed by atoms with Gasteiger partial charge in [0.25, 0.3) is 12.4 Å². The molecule has 29 heavy (non-hydrogen) atoms. The van der Waals surface area contributed by atoms with E-state index >= 15 is 0 Å². The topological polar surface area (TPSA) is 34.2 Å². The zero-order chi connectivity index (χ0) is 20.1. The highest BCUT2D eigenvalue weighted by Crippen LogP contribution is 2.32. The van der Waals surface area contributed by atoms with Gasteiger partial charge in [-0.05, 0) is 48.6 Å². The van der Waals surface area contributed by atoms with E-state index in [1.807, 2.05) is 18.2 Å². The Balaban J connectivity index is 1.53. The van der Waals surface area contributed by atoms with Gasteiger partial charge in [-0.1, -0.05) is 17.7 Å². The summed E-state index contributed by atoms with van der Waals surface area (Å²) in [7, 11) is 0. The molecule has 1 unspecified atom stereocenters. The van der Waals surface area contributed by atoms with Crippen molar-refractivity contribution in [2.75, 3.05) is 11.4 Å². The van der Waals surface area contributed by atoms with E-state index in [-0.39, 0.29) is 12.1 Å². The quantitative estimate of drug-likeness (QED) is 0.428. The summed E-state index contributed by atoms with van der Waals surface area (Å²) in [5.41, 5.74) is 2.81. The third-order valence-corrected chi connectivity index (χ3v) is 5.67. The maximum atomic E-state index is 13.5. The lowest BCUT2D eigenvalue weighted by Crippen LogP contribution is -2.44. The monoisotopic (exact) mass is 419 g/mol. The lowest BCUT2D eigenvalue weighted by Gasteiger charge is -2.34. The number of rotatable bonds is 4. The molecule has 3 heterocycles. The molecule has 0 fully saturated rings. The Morgan fingerprint density at radius 1 is 1.21 bits per heavy atom. The molecule has 0 bridgehead atoms. The lowest BCUT2D eigenvalue weighted by atomic mass is 10.0. The Morgan fingerprint density at radius 3 is 2.90 bits per heavy atom. The Hall–Kier alpha value is -2.67. The summed E-state index contributed by atoms with van der Waals surface area (Å²) in [6, 6.07) is 11.6. The van der Waals surface area contributed by atoms with E-state index in [2.05, 4.69) is 15.6 Å². The molecule has 2 aromatic heterocycles. The fourth-order valence-electron chi connectivity index (χ4n) is 4.12. The third-order valence-electron chi connectivity index (χ3n) is 5.44. The van der Waals surface area contributed by atoms with Crippen LogP contribution in [-0.2, 0) is 13.0 Å². The largest absolute Gasteiger partial charge is 0.423 e. The summed E-state index contributed by atoms with van der Waals surface area (Å²) in [6.07, 6.45) is -1.13. The highest BCUT2D eigenvalue weighted by molar-refractivity contribution is 6.31. The predicted octanol–water partition coefficient (Wildman–Crippen LogP) is 5.66. The molecule has 4 aromatic rings. The van der Waals surface area contributed by atoms with E-state index in [1.54, 1.807) is 0 Å². The number of aryl methyl sites for hydroxylation is 1. The van der Waals surface area contributed by atoms with E-state index in [0.717, 1.165) is 23.0 Å². The van der Waals surface area contributed by atoms with Crippen LogP contribution in [0.5, 0.6) is 0 Å². The van der Waals surface area contributed by atoms with Crippen LogP contribution in [0.25, 0.3) is 22.0 Å². The van der Waals surface area contributed by atoms with Crippen molar-refractivity contribution in [3.8, 4) is 0 Å². The number of fused-ring (bicyclic) bond motifs is 4. The number of hydrogen-bond donors (Lipinski definition) is 0. The summed E-state index contributed by atoms with van der Waals surface area (Å²) in [5, 5.41) is 1.70. The first-order chi connectivity index (χ1) is 14.0. The molecule has 0 saturated carbocycles. The van der Waals surface area contributed by atoms with Gasteiger partial charge < -0.3 is 13.9 Å². The molecule has 0 radical (unpaired) electrons. The highest BCUT2D eigenvalue weighted by Gasteiger charge is 2.30. The van der Waals surface area contributed by atoms with Crippen LogP contribution in [0.1, 0.15) is 12.1 Å². The molecule has 8 heteroatoms. The zero-order valence-electron chi connectivity index (χ0n) is 15.3. The average molecular weight is 420 g/mol. The van der Waals surface area contributed by atoms with Crippen LogP contribution in [-0.4, -0.2) is 28.6 Å². The second-order valence-electron chi connectivity index (χ2n) is 7.29. The van der Waals surface area contributed by atoms with Crippen molar-refractivity contribution in [2.45, 2.75) is 31.9 Å². The lowest BCUT2D eigenvalue weighted by molar-refractivity contribution is 0.147. The Morgan fingerprint density at radius 2 is 2.07 bits per heavy atom. The van der Waals surface area contributed by atoms with Gasteiger partial charge in [0.15, 0.2) is 5.58 Å². The van der Waals surface area contributed by atoms with Crippen molar-refractivity contribution < 1.29 is 17.6 Å². The number of nitrogens with zero attached hydrogens (tertiary/aromatic N) is 3. The molecule has 2 aromatic carbocycles. The van der Waals surface area contributed by atoms with Crippen molar-refractivity contribution in [1.29, 1.82) is 0 Å². The highest BCUT2D eigenvalue weighted by atomic mass is 35.5. The molecule has 0 N–H and O–H groups in total. The van der Waals surface area contributed by atoms with Crippen LogP contribution in [0.2, 0.25) is 5.02 Å². The second kappa shape index (κ2) is 6.99. The van der Waals surface area contributed by atoms with Crippen molar-refractivity contribution in [2.24, 2.45) is 0 Å². The van der Waals surface area contributed by atoms with E-state index in [0.29, 0.717) is 29.1 Å². The molecule has 1 atom stereocenters. The molecular formula is C21H17ClF3N3O. The first kappa shape index (κ1) is 18.4. The maximum Gasteiger partial charge on any atom is 0.298 e. The van der Waals surface area contributed by atoms with E-state index in [9.17, 15) is 13.2 Å². The molecule has 4 nitrogen and oxygen atoms in total. The molecule has 0 aliphatic carbocycles. The molecule has 0 amide bonds. The van der Waals surface area contributed by atoms with Gasteiger partial charge in [0.2, 0.25) is 0 Å². The van der Waals surface area contributed by atoms with Crippen LogP contribution < -0.4 is 4.90 Å². The van der Waals surface area contributed by atoms with Crippen molar-refractivity contribution in [1.82, 2.24) is 9.55 Å². The van der Waals surface area contributed by atoms with Gasteiger partial charge in [-0.2, -0.15) is 4.98 Å². The van der Waals surface area contributed by atoms with Crippen molar-refractivity contribution in [3.05, 3.63) is 59.0 Å². The first-order valence-corrected chi connectivity index (χ1v) is 9.74. The molecule has 150 valence electrons. The van der Waals surface area contributed by atoms with Crippen LogP contribution in [0.3, 0.4) is 0 Å². The number of aromatic nitrogens is 2.